The average molecular weight is 335 g/mol. The highest BCUT2D eigenvalue weighted by Gasteiger charge is 2.30. The molecule has 0 unspecified atom stereocenters. The number of pyridine rings is 1. The van der Waals surface area contributed by atoms with E-state index in [4.69, 9.17) is 4.74 Å². The Bertz CT molecular complexity index is 757. The molecule has 0 amide bonds. The van der Waals surface area contributed by atoms with E-state index in [1.165, 1.54) is 18.3 Å². The number of aromatic nitrogens is 1. The fourth-order valence-corrected chi connectivity index (χ4v) is 1.94. The predicted molar refractivity (Wildman–Crippen MR) is 84.1 cm³/mol. The number of nitrogens with zero attached hydrogens (tertiary/aromatic N) is 2. The Labute approximate surface area is 137 Å². The predicted octanol–water partition coefficient (Wildman–Crippen LogP) is 4.89. The minimum Gasteiger partial charge on any atom is -0.487 e. The lowest BCUT2D eigenvalue weighted by Gasteiger charge is -2.22. The summed E-state index contributed by atoms with van der Waals surface area (Å²) < 4.78 is 43.5. The van der Waals surface area contributed by atoms with E-state index in [0.717, 1.165) is 12.1 Å². The largest absolute Gasteiger partial charge is 0.487 e. The lowest BCUT2D eigenvalue weighted by molar-refractivity contribution is -0.137. The first-order chi connectivity index (χ1) is 11.1. The second-order valence-corrected chi connectivity index (χ2v) is 6.06. The molecule has 0 aliphatic rings. The molecule has 126 valence electrons. The summed E-state index contributed by atoms with van der Waals surface area (Å²) in [5, 5.41) is 12.2. The van der Waals surface area contributed by atoms with Crippen molar-refractivity contribution in [1.82, 2.24) is 4.98 Å². The maximum Gasteiger partial charge on any atom is 0.416 e. The van der Waals surface area contributed by atoms with E-state index in [2.05, 4.69) is 10.3 Å². The Morgan fingerprint density at radius 1 is 1.08 bits per heavy atom. The first kappa shape index (κ1) is 17.6. The maximum atomic E-state index is 12.6. The van der Waals surface area contributed by atoms with Crippen molar-refractivity contribution < 1.29 is 17.9 Å². The van der Waals surface area contributed by atoms with Gasteiger partial charge in [-0.25, -0.2) is 4.98 Å². The van der Waals surface area contributed by atoms with Crippen molar-refractivity contribution in [3.8, 4) is 11.8 Å². The number of rotatable bonds is 3. The van der Waals surface area contributed by atoms with Crippen LogP contribution in [0.3, 0.4) is 0 Å². The van der Waals surface area contributed by atoms with Crippen molar-refractivity contribution in [3.63, 3.8) is 0 Å². The van der Waals surface area contributed by atoms with Gasteiger partial charge in [0.05, 0.1) is 5.56 Å². The smallest absolute Gasteiger partial charge is 0.416 e. The molecule has 0 fully saturated rings. The molecule has 0 spiro atoms. The number of ether oxygens (including phenoxy) is 1. The van der Waals surface area contributed by atoms with E-state index in [9.17, 15) is 18.4 Å². The van der Waals surface area contributed by atoms with E-state index in [-0.39, 0.29) is 11.4 Å². The van der Waals surface area contributed by atoms with Crippen molar-refractivity contribution in [2.75, 3.05) is 5.32 Å². The normalized spacial score (nSPS) is 11.7. The van der Waals surface area contributed by atoms with Crippen molar-refractivity contribution in [1.29, 1.82) is 5.26 Å². The van der Waals surface area contributed by atoms with Crippen LogP contribution in [0.25, 0.3) is 0 Å². The molecule has 0 aliphatic heterocycles. The van der Waals surface area contributed by atoms with Gasteiger partial charge in [-0.05, 0) is 45.0 Å². The number of nitrogens with one attached hydrogen (secondary N) is 1. The van der Waals surface area contributed by atoms with Gasteiger partial charge < -0.3 is 10.1 Å². The summed E-state index contributed by atoms with van der Waals surface area (Å²) in [5.41, 5.74) is -0.669. The molecule has 0 radical (unpaired) electrons. The van der Waals surface area contributed by atoms with Crippen LogP contribution in [0, 0.1) is 11.3 Å². The molecule has 0 atom stereocenters. The van der Waals surface area contributed by atoms with Crippen LogP contribution in [0.5, 0.6) is 5.75 Å². The fourth-order valence-electron chi connectivity index (χ4n) is 1.94. The molecule has 0 saturated carbocycles. The standard InChI is InChI=1S/C17H16F3N3O/c1-16(2,3)24-14-8-9-22-15(13(14)10-21)23-12-6-4-11(5-7-12)17(18,19)20/h4-9H,1-3H3,(H,22,23). The third-order valence-electron chi connectivity index (χ3n) is 2.92. The van der Waals surface area contributed by atoms with Gasteiger partial charge in [0, 0.05) is 18.0 Å². The fraction of sp³-hybridized carbons (Fsp3) is 0.294. The van der Waals surface area contributed by atoms with Crippen molar-refractivity contribution in [3.05, 3.63) is 47.7 Å². The molecule has 24 heavy (non-hydrogen) atoms. The molecule has 1 aromatic heterocycles. The Balaban J connectivity index is 2.30. The van der Waals surface area contributed by atoms with Crippen LogP contribution in [0.4, 0.5) is 24.7 Å². The number of hydrogen-bond donors (Lipinski definition) is 1. The highest BCUT2D eigenvalue weighted by Crippen LogP contribution is 2.32. The van der Waals surface area contributed by atoms with E-state index in [1.807, 2.05) is 26.8 Å². The van der Waals surface area contributed by atoms with Crippen molar-refractivity contribution in [2.24, 2.45) is 0 Å². The first-order valence-corrected chi connectivity index (χ1v) is 7.12. The van der Waals surface area contributed by atoms with Gasteiger partial charge >= 0.3 is 6.18 Å². The minimum atomic E-state index is -4.39. The second kappa shape index (κ2) is 6.40. The summed E-state index contributed by atoms with van der Waals surface area (Å²) in [6.07, 6.45) is -2.93. The molecule has 2 aromatic rings. The Hall–Kier alpha value is -2.75. The maximum absolute atomic E-state index is 12.6. The minimum absolute atomic E-state index is 0.187. The molecule has 0 aliphatic carbocycles. The zero-order chi connectivity index (χ0) is 18.0. The summed E-state index contributed by atoms with van der Waals surface area (Å²) in [5.74, 6) is 0.577. The van der Waals surface area contributed by atoms with Crippen LogP contribution in [0.15, 0.2) is 36.5 Å². The highest BCUT2D eigenvalue weighted by molar-refractivity contribution is 5.66. The molecule has 1 heterocycles. The quantitative estimate of drug-likeness (QED) is 0.867. The van der Waals surface area contributed by atoms with E-state index >= 15 is 0 Å². The lowest BCUT2D eigenvalue weighted by atomic mass is 10.1. The van der Waals surface area contributed by atoms with Gasteiger partial charge in [-0.2, -0.15) is 18.4 Å². The topological polar surface area (TPSA) is 57.9 Å². The molecule has 0 bridgehead atoms. The Morgan fingerprint density at radius 2 is 1.71 bits per heavy atom. The van der Waals surface area contributed by atoms with E-state index in [0.29, 0.717) is 11.4 Å². The monoisotopic (exact) mass is 335 g/mol. The van der Waals surface area contributed by atoms with Gasteiger partial charge in [0.25, 0.3) is 0 Å². The van der Waals surface area contributed by atoms with Gasteiger partial charge in [0.1, 0.15) is 23.0 Å². The second-order valence-electron chi connectivity index (χ2n) is 6.06. The highest BCUT2D eigenvalue weighted by atomic mass is 19.4. The molecule has 0 saturated heterocycles. The zero-order valence-corrected chi connectivity index (χ0v) is 13.4. The van der Waals surface area contributed by atoms with Crippen LogP contribution in [0.2, 0.25) is 0 Å². The van der Waals surface area contributed by atoms with Crippen LogP contribution >= 0.6 is 0 Å². The van der Waals surface area contributed by atoms with Crippen molar-refractivity contribution >= 4 is 11.5 Å². The van der Waals surface area contributed by atoms with Crippen molar-refractivity contribution in [2.45, 2.75) is 32.5 Å². The molecule has 1 N–H and O–H groups in total. The van der Waals surface area contributed by atoms with Gasteiger partial charge in [-0.15, -0.1) is 0 Å². The third kappa shape index (κ3) is 4.38. The van der Waals surface area contributed by atoms with E-state index < -0.39 is 17.3 Å². The summed E-state index contributed by atoms with van der Waals surface area (Å²) in [6, 6.07) is 8.07. The van der Waals surface area contributed by atoms with Crippen LogP contribution in [-0.2, 0) is 6.18 Å². The van der Waals surface area contributed by atoms with E-state index in [1.54, 1.807) is 6.07 Å². The molecular weight excluding hydrogens is 319 g/mol. The number of hydrogen-bond acceptors (Lipinski definition) is 4. The van der Waals surface area contributed by atoms with Gasteiger partial charge in [-0.3, -0.25) is 0 Å². The average Bonchev–Trinajstić information content (AvgIpc) is 2.45. The first-order valence-electron chi connectivity index (χ1n) is 7.12. The number of halogens is 3. The van der Waals surface area contributed by atoms with Gasteiger partial charge in [0.2, 0.25) is 0 Å². The molecule has 4 nitrogen and oxygen atoms in total. The zero-order valence-electron chi connectivity index (χ0n) is 13.4. The number of nitriles is 1. The molecule has 7 heteroatoms. The van der Waals surface area contributed by atoms with Crippen LogP contribution in [-0.4, -0.2) is 10.6 Å². The lowest BCUT2D eigenvalue weighted by Crippen LogP contribution is -2.23. The van der Waals surface area contributed by atoms with Gasteiger partial charge in [-0.1, -0.05) is 0 Å². The summed E-state index contributed by atoms with van der Waals surface area (Å²) in [7, 11) is 0. The molecule has 1 aromatic carbocycles. The van der Waals surface area contributed by atoms with Crippen LogP contribution < -0.4 is 10.1 Å². The summed E-state index contributed by atoms with van der Waals surface area (Å²) in [6.45, 7) is 5.53. The molecule has 2 rings (SSSR count). The SMILES string of the molecule is CC(C)(C)Oc1ccnc(Nc2ccc(C(F)(F)F)cc2)c1C#N. The number of benzene rings is 1. The number of alkyl halides is 3. The third-order valence-corrected chi connectivity index (χ3v) is 2.92. The summed E-state index contributed by atoms with van der Waals surface area (Å²) >= 11 is 0. The molecular formula is C17H16F3N3O. The Morgan fingerprint density at radius 3 is 2.21 bits per heavy atom. The Kier molecular flexibility index (Phi) is 4.69. The van der Waals surface area contributed by atoms with Gasteiger partial charge in [0.15, 0.2) is 5.82 Å². The van der Waals surface area contributed by atoms with Crippen LogP contribution in [0.1, 0.15) is 31.9 Å². The number of anilines is 2. The summed E-state index contributed by atoms with van der Waals surface area (Å²) in [4.78, 5) is 4.07.